The zero-order valence-corrected chi connectivity index (χ0v) is 15.0. The van der Waals surface area contributed by atoms with Crippen LogP contribution in [-0.2, 0) is 4.79 Å². The third kappa shape index (κ3) is 4.67. The standard InChI is InChI=1S/C19H18N4O2S/c1-25-17-10-6-5-9-15(17)11-20-21-12-18(24)23-19-22-16(13-26-19)14-7-3-2-4-8-14/h2-11,13,21H,12H2,1H3,(H,22,23,24)/b20-11+. The van der Waals surface area contributed by atoms with Gasteiger partial charge in [0.05, 0.1) is 19.0 Å². The van der Waals surface area contributed by atoms with E-state index in [4.69, 9.17) is 4.74 Å². The van der Waals surface area contributed by atoms with Crippen LogP contribution in [0.5, 0.6) is 5.75 Å². The lowest BCUT2D eigenvalue weighted by molar-refractivity contribution is -0.115. The number of thiazole rings is 1. The van der Waals surface area contributed by atoms with Crippen molar-refractivity contribution in [1.29, 1.82) is 0 Å². The molecule has 0 aliphatic rings. The summed E-state index contributed by atoms with van der Waals surface area (Å²) in [5, 5.41) is 9.29. The van der Waals surface area contributed by atoms with Crippen molar-refractivity contribution in [3.8, 4) is 17.0 Å². The van der Waals surface area contributed by atoms with Gasteiger partial charge in [-0.3, -0.25) is 4.79 Å². The summed E-state index contributed by atoms with van der Waals surface area (Å²) in [5.74, 6) is 0.509. The molecule has 0 unspecified atom stereocenters. The molecular weight excluding hydrogens is 348 g/mol. The number of amides is 1. The zero-order valence-electron chi connectivity index (χ0n) is 14.2. The Hall–Kier alpha value is -3.19. The van der Waals surface area contributed by atoms with Crippen LogP contribution in [0, 0.1) is 0 Å². The van der Waals surface area contributed by atoms with Crippen LogP contribution < -0.4 is 15.5 Å². The topological polar surface area (TPSA) is 75.6 Å². The van der Waals surface area contributed by atoms with Gasteiger partial charge in [-0.05, 0) is 12.1 Å². The second-order valence-corrected chi connectivity index (χ2v) is 6.15. The van der Waals surface area contributed by atoms with Gasteiger partial charge in [0, 0.05) is 16.5 Å². The van der Waals surface area contributed by atoms with Gasteiger partial charge in [0.15, 0.2) is 5.13 Å². The Balaban J connectivity index is 1.50. The predicted molar refractivity (Wildman–Crippen MR) is 105 cm³/mol. The molecule has 132 valence electrons. The van der Waals surface area contributed by atoms with Gasteiger partial charge in [-0.2, -0.15) is 5.10 Å². The molecule has 0 aliphatic carbocycles. The van der Waals surface area contributed by atoms with Gasteiger partial charge in [0.1, 0.15) is 12.3 Å². The zero-order chi connectivity index (χ0) is 18.2. The molecule has 3 rings (SSSR count). The number of hydrogen-bond donors (Lipinski definition) is 2. The summed E-state index contributed by atoms with van der Waals surface area (Å²) < 4.78 is 5.24. The summed E-state index contributed by atoms with van der Waals surface area (Å²) in [6.45, 7) is 0.0475. The quantitative estimate of drug-likeness (QED) is 0.496. The van der Waals surface area contributed by atoms with E-state index in [9.17, 15) is 4.79 Å². The minimum Gasteiger partial charge on any atom is -0.496 e. The largest absolute Gasteiger partial charge is 0.496 e. The molecule has 7 heteroatoms. The van der Waals surface area contributed by atoms with Gasteiger partial charge in [0.2, 0.25) is 5.91 Å². The van der Waals surface area contributed by atoms with E-state index in [1.165, 1.54) is 11.3 Å². The van der Waals surface area contributed by atoms with Crippen molar-refractivity contribution in [3.63, 3.8) is 0 Å². The van der Waals surface area contributed by atoms with Crippen LogP contribution in [0.15, 0.2) is 65.1 Å². The van der Waals surface area contributed by atoms with Crippen LogP contribution in [0.2, 0.25) is 0 Å². The van der Waals surface area contributed by atoms with E-state index < -0.39 is 0 Å². The fraction of sp³-hybridized carbons (Fsp3) is 0.105. The molecule has 0 spiro atoms. The first-order valence-corrected chi connectivity index (χ1v) is 8.84. The van der Waals surface area contributed by atoms with Crippen LogP contribution in [0.1, 0.15) is 5.56 Å². The molecule has 0 fully saturated rings. The monoisotopic (exact) mass is 366 g/mol. The minimum atomic E-state index is -0.212. The highest BCUT2D eigenvalue weighted by molar-refractivity contribution is 7.14. The van der Waals surface area contributed by atoms with Gasteiger partial charge in [-0.25, -0.2) is 4.98 Å². The van der Waals surface area contributed by atoms with E-state index in [0.29, 0.717) is 5.13 Å². The molecule has 0 radical (unpaired) electrons. The number of hydrazone groups is 1. The summed E-state index contributed by atoms with van der Waals surface area (Å²) in [7, 11) is 1.60. The van der Waals surface area contributed by atoms with Crippen molar-refractivity contribution < 1.29 is 9.53 Å². The normalized spacial score (nSPS) is 10.7. The van der Waals surface area contributed by atoms with Gasteiger partial charge in [-0.15, -0.1) is 11.3 Å². The lowest BCUT2D eigenvalue weighted by Gasteiger charge is -2.04. The van der Waals surface area contributed by atoms with E-state index in [1.807, 2.05) is 60.0 Å². The number of ether oxygens (including phenoxy) is 1. The number of aromatic nitrogens is 1. The molecule has 1 heterocycles. The Morgan fingerprint density at radius 2 is 1.96 bits per heavy atom. The molecule has 26 heavy (non-hydrogen) atoms. The first-order valence-electron chi connectivity index (χ1n) is 7.96. The van der Waals surface area contributed by atoms with Gasteiger partial charge in [-0.1, -0.05) is 42.5 Å². The first-order chi connectivity index (χ1) is 12.8. The average molecular weight is 366 g/mol. The molecule has 2 N–H and O–H groups in total. The summed E-state index contributed by atoms with van der Waals surface area (Å²) >= 11 is 1.39. The number of para-hydroxylation sites is 1. The fourth-order valence-electron chi connectivity index (χ4n) is 2.24. The molecule has 3 aromatic rings. The van der Waals surface area contributed by atoms with Gasteiger partial charge in [0.25, 0.3) is 0 Å². The van der Waals surface area contributed by atoms with Crippen molar-refractivity contribution in [2.24, 2.45) is 5.10 Å². The number of nitrogens with one attached hydrogen (secondary N) is 2. The smallest absolute Gasteiger partial charge is 0.247 e. The molecule has 0 bridgehead atoms. The molecule has 0 saturated carbocycles. The van der Waals surface area contributed by atoms with E-state index in [-0.39, 0.29) is 12.5 Å². The van der Waals surface area contributed by atoms with Crippen molar-refractivity contribution in [2.45, 2.75) is 0 Å². The molecule has 1 aromatic heterocycles. The van der Waals surface area contributed by atoms with E-state index in [2.05, 4.69) is 20.8 Å². The van der Waals surface area contributed by atoms with Crippen molar-refractivity contribution >= 4 is 28.6 Å². The summed E-state index contributed by atoms with van der Waals surface area (Å²) in [6.07, 6.45) is 1.61. The molecular formula is C19H18N4O2S. The number of benzene rings is 2. The Kier molecular flexibility index (Phi) is 5.95. The molecule has 0 atom stereocenters. The molecule has 0 aliphatic heterocycles. The Labute approximate surface area is 155 Å². The number of rotatable bonds is 7. The highest BCUT2D eigenvalue weighted by atomic mass is 32.1. The summed E-state index contributed by atoms with van der Waals surface area (Å²) in [4.78, 5) is 16.4. The highest BCUT2D eigenvalue weighted by Crippen LogP contribution is 2.24. The van der Waals surface area contributed by atoms with Gasteiger partial charge < -0.3 is 15.5 Å². The van der Waals surface area contributed by atoms with Crippen LogP contribution in [0.4, 0.5) is 5.13 Å². The lowest BCUT2D eigenvalue weighted by atomic mass is 10.2. The van der Waals surface area contributed by atoms with Crippen LogP contribution in [0.3, 0.4) is 0 Å². The number of anilines is 1. The van der Waals surface area contributed by atoms with Crippen molar-refractivity contribution in [3.05, 3.63) is 65.5 Å². The number of methoxy groups -OCH3 is 1. The number of carbonyl (C=O) groups is 1. The van der Waals surface area contributed by atoms with E-state index in [0.717, 1.165) is 22.6 Å². The highest BCUT2D eigenvalue weighted by Gasteiger charge is 2.07. The van der Waals surface area contributed by atoms with Crippen molar-refractivity contribution in [1.82, 2.24) is 10.4 Å². The maximum atomic E-state index is 12.0. The second-order valence-electron chi connectivity index (χ2n) is 5.29. The summed E-state index contributed by atoms with van der Waals surface area (Å²) in [6, 6.07) is 17.3. The molecule has 1 amide bonds. The van der Waals surface area contributed by atoms with Crippen LogP contribution in [-0.4, -0.2) is 30.8 Å². The minimum absolute atomic E-state index is 0.0475. The molecule has 0 saturated heterocycles. The maximum absolute atomic E-state index is 12.0. The Bertz CT molecular complexity index is 893. The summed E-state index contributed by atoms with van der Waals surface area (Å²) in [5.41, 5.74) is 5.41. The SMILES string of the molecule is COc1ccccc1/C=N/NCC(=O)Nc1nc(-c2ccccc2)cs1. The first kappa shape index (κ1) is 17.6. The van der Waals surface area contributed by atoms with Crippen LogP contribution in [0.25, 0.3) is 11.3 Å². The third-order valence-corrected chi connectivity index (χ3v) is 4.25. The average Bonchev–Trinajstić information content (AvgIpc) is 3.14. The third-order valence-electron chi connectivity index (χ3n) is 3.49. The van der Waals surface area contributed by atoms with Crippen LogP contribution >= 0.6 is 11.3 Å². The predicted octanol–water partition coefficient (Wildman–Crippen LogP) is 3.38. The van der Waals surface area contributed by atoms with Gasteiger partial charge >= 0.3 is 0 Å². The second kappa shape index (κ2) is 8.77. The number of hydrogen-bond acceptors (Lipinski definition) is 6. The van der Waals surface area contributed by atoms with E-state index >= 15 is 0 Å². The number of carbonyl (C=O) groups excluding carboxylic acids is 1. The molecule has 2 aromatic carbocycles. The Morgan fingerprint density at radius 1 is 1.19 bits per heavy atom. The lowest BCUT2D eigenvalue weighted by Crippen LogP contribution is -2.24. The van der Waals surface area contributed by atoms with E-state index in [1.54, 1.807) is 13.3 Å². The number of nitrogens with zero attached hydrogens (tertiary/aromatic N) is 2. The van der Waals surface area contributed by atoms with Crippen molar-refractivity contribution in [2.75, 3.05) is 19.0 Å². The fourth-order valence-corrected chi connectivity index (χ4v) is 2.98. The molecule has 6 nitrogen and oxygen atoms in total. The maximum Gasteiger partial charge on any atom is 0.247 e. The Morgan fingerprint density at radius 3 is 2.77 bits per heavy atom.